The van der Waals surface area contributed by atoms with Gasteiger partial charge in [0.25, 0.3) is 0 Å². The van der Waals surface area contributed by atoms with Gasteiger partial charge in [-0.1, -0.05) is 0 Å². The summed E-state index contributed by atoms with van der Waals surface area (Å²) < 4.78 is 12.6. The monoisotopic (exact) mass is 157 g/mol. The van der Waals surface area contributed by atoms with Crippen LogP contribution in [0.25, 0.3) is 0 Å². The molecule has 0 spiro atoms. The minimum absolute atomic E-state index is 0.355. The molecular formula is C5H5BFNO3. The van der Waals surface area contributed by atoms with Gasteiger partial charge in [-0.3, -0.25) is 4.98 Å². The standard InChI is InChI=1S/C5H5BFNO3/c7-4-1-3(9)2-8-5(4)6(10)11/h1-2,9-11H. The molecule has 0 amide bonds. The lowest BCUT2D eigenvalue weighted by molar-refractivity contribution is 0.419. The van der Waals surface area contributed by atoms with Gasteiger partial charge in [-0.15, -0.1) is 0 Å². The van der Waals surface area contributed by atoms with Crippen molar-refractivity contribution in [1.82, 2.24) is 4.98 Å². The predicted octanol–water partition coefficient (Wildman–Crippen LogP) is -1.39. The van der Waals surface area contributed by atoms with E-state index >= 15 is 0 Å². The normalized spacial score (nSPS) is 9.73. The zero-order valence-electron chi connectivity index (χ0n) is 5.40. The molecule has 4 nitrogen and oxygen atoms in total. The number of pyridine rings is 1. The minimum atomic E-state index is -1.95. The van der Waals surface area contributed by atoms with Crippen LogP contribution in [0.2, 0.25) is 0 Å². The molecule has 1 rings (SSSR count). The smallest absolute Gasteiger partial charge is 0.506 e. The summed E-state index contributed by atoms with van der Waals surface area (Å²) in [6.45, 7) is 0. The molecule has 3 N–H and O–H groups in total. The van der Waals surface area contributed by atoms with Crippen molar-refractivity contribution in [3.8, 4) is 5.75 Å². The second kappa shape index (κ2) is 2.85. The molecule has 0 aromatic carbocycles. The predicted molar refractivity (Wildman–Crippen MR) is 35.7 cm³/mol. The number of aromatic nitrogens is 1. The SMILES string of the molecule is OB(O)c1ncc(O)cc1F. The van der Waals surface area contributed by atoms with Crippen LogP contribution in [0.3, 0.4) is 0 Å². The molecule has 0 saturated carbocycles. The maximum Gasteiger partial charge on any atom is 0.511 e. The van der Waals surface area contributed by atoms with Gasteiger partial charge >= 0.3 is 7.12 Å². The Balaban J connectivity index is 3.09. The molecule has 1 aromatic heterocycles. The largest absolute Gasteiger partial charge is 0.511 e. The van der Waals surface area contributed by atoms with E-state index in [0.717, 1.165) is 12.3 Å². The van der Waals surface area contributed by atoms with E-state index in [4.69, 9.17) is 15.2 Å². The lowest BCUT2D eigenvalue weighted by Crippen LogP contribution is -2.35. The Morgan fingerprint density at radius 3 is 2.55 bits per heavy atom. The Labute approximate surface area is 62.1 Å². The number of aromatic hydroxyl groups is 1. The zero-order valence-corrected chi connectivity index (χ0v) is 5.40. The molecule has 0 aliphatic heterocycles. The van der Waals surface area contributed by atoms with Crippen molar-refractivity contribution in [1.29, 1.82) is 0 Å². The van der Waals surface area contributed by atoms with Gasteiger partial charge in [-0.2, -0.15) is 0 Å². The Hall–Kier alpha value is -1.14. The fraction of sp³-hybridized carbons (Fsp3) is 0. The Morgan fingerprint density at radius 1 is 1.45 bits per heavy atom. The number of nitrogens with zero attached hydrogens (tertiary/aromatic N) is 1. The van der Waals surface area contributed by atoms with E-state index < -0.39 is 18.5 Å². The first-order chi connectivity index (χ1) is 5.11. The first-order valence-electron chi connectivity index (χ1n) is 2.82. The van der Waals surface area contributed by atoms with Gasteiger partial charge in [0.2, 0.25) is 0 Å². The van der Waals surface area contributed by atoms with Crippen LogP contribution in [0, 0.1) is 5.82 Å². The van der Waals surface area contributed by atoms with Crippen LogP contribution >= 0.6 is 0 Å². The third kappa shape index (κ3) is 1.66. The number of halogens is 1. The van der Waals surface area contributed by atoms with Crippen LogP contribution in [0.5, 0.6) is 5.75 Å². The van der Waals surface area contributed by atoms with E-state index in [0.29, 0.717) is 0 Å². The Bertz CT molecular complexity index is 268. The summed E-state index contributed by atoms with van der Waals surface area (Å²) in [6.07, 6.45) is 0.928. The van der Waals surface area contributed by atoms with Crippen molar-refractivity contribution in [3.05, 3.63) is 18.1 Å². The molecule has 0 aliphatic carbocycles. The highest BCUT2D eigenvalue weighted by molar-refractivity contribution is 6.57. The van der Waals surface area contributed by atoms with Gasteiger partial charge in [-0.05, 0) is 0 Å². The van der Waals surface area contributed by atoms with Crippen molar-refractivity contribution in [2.75, 3.05) is 0 Å². The molecule has 1 aromatic rings. The van der Waals surface area contributed by atoms with Crippen LogP contribution < -0.4 is 5.59 Å². The topological polar surface area (TPSA) is 73.6 Å². The molecule has 1 heterocycles. The number of hydrogen-bond acceptors (Lipinski definition) is 4. The average molecular weight is 157 g/mol. The van der Waals surface area contributed by atoms with E-state index in [9.17, 15) is 4.39 Å². The van der Waals surface area contributed by atoms with E-state index in [2.05, 4.69) is 4.98 Å². The maximum atomic E-state index is 12.6. The van der Waals surface area contributed by atoms with Crippen molar-refractivity contribution in [2.24, 2.45) is 0 Å². The third-order valence-electron chi connectivity index (χ3n) is 1.10. The Kier molecular flexibility index (Phi) is 2.07. The third-order valence-corrected chi connectivity index (χ3v) is 1.10. The van der Waals surface area contributed by atoms with Gasteiger partial charge in [-0.25, -0.2) is 4.39 Å². The molecule has 0 radical (unpaired) electrons. The van der Waals surface area contributed by atoms with Crippen LogP contribution in [0.1, 0.15) is 0 Å². The summed E-state index contributed by atoms with van der Waals surface area (Å²) in [6, 6.07) is 0.752. The van der Waals surface area contributed by atoms with Crippen LogP contribution in [-0.2, 0) is 0 Å². The summed E-state index contributed by atoms with van der Waals surface area (Å²) in [5, 5.41) is 25.6. The molecule has 58 valence electrons. The van der Waals surface area contributed by atoms with Crippen LogP contribution in [-0.4, -0.2) is 27.3 Å². The van der Waals surface area contributed by atoms with Gasteiger partial charge in [0.1, 0.15) is 17.2 Å². The highest BCUT2D eigenvalue weighted by atomic mass is 19.1. The highest BCUT2D eigenvalue weighted by Gasteiger charge is 2.18. The minimum Gasteiger partial charge on any atom is -0.506 e. The van der Waals surface area contributed by atoms with Gasteiger partial charge in [0.05, 0.1) is 6.20 Å². The van der Waals surface area contributed by atoms with Crippen LogP contribution in [0.4, 0.5) is 4.39 Å². The highest BCUT2D eigenvalue weighted by Crippen LogP contribution is 2.04. The van der Waals surface area contributed by atoms with E-state index in [1.165, 1.54) is 0 Å². The molecular weight excluding hydrogens is 152 g/mol. The number of rotatable bonds is 1. The van der Waals surface area contributed by atoms with Crippen molar-refractivity contribution in [2.45, 2.75) is 0 Å². The molecule has 6 heteroatoms. The molecule has 0 bridgehead atoms. The van der Waals surface area contributed by atoms with Crippen molar-refractivity contribution in [3.63, 3.8) is 0 Å². The van der Waals surface area contributed by atoms with Crippen molar-refractivity contribution >= 4 is 12.7 Å². The van der Waals surface area contributed by atoms with E-state index in [-0.39, 0.29) is 5.75 Å². The second-order valence-corrected chi connectivity index (χ2v) is 1.93. The summed E-state index contributed by atoms with van der Waals surface area (Å²) in [7, 11) is -1.95. The van der Waals surface area contributed by atoms with E-state index in [1.54, 1.807) is 0 Å². The number of hydrogen-bond donors (Lipinski definition) is 3. The second-order valence-electron chi connectivity index (χ2n) is 1.93. The fourth-order valence-corrected chi connectivity index (χ4v) is 0.628. The van der Waals surface area contributed by atoms with Gasteiger partial charge in [0.15, 0.2) is 0 Å². The van der Waals surface area contributed by atoms with Crippen molar-refractivity contribution < 1.29 is 19.5 Å². The molecule has 11 heavy (non-hydrogen) atoms. The molecule has 0 atom stereocenters. The maximum absolute atomic E-state index is 12.6. The molecule has 0 aliphatic rings. The van der Waals surface area contributed by atoms with Crippen LogP contribution in [0.15, 0.2) is 12.3 Å². The molecule has 0 saturated heterocycles. The quantitative estimate of drug-likeness (QED) is 0.438. The molecule has 0 unspecified atom stereocenters. The first kappa shape index (κ1) is 7.97. The summed E-state index contributed by atoms with van der Waals surface area (Å²) in [5.74, 6) is -1.30. The summed E-state index contributed by atoms with van der Waals surface area (Å²) >= 11 is 0. The summed E-state index contributed by atoms with van der Waals surface area (Å²) in [5.41, 5.74) is -0.497. The van der Waals surface area contributed by atoms with Gasteiger partial charge < -0.3 is 15.2 Å². The average Bonchev–Trinajstić information content (AvgIpc) is 1.85. The Morgan fingerprint density at radius 2 is 2.09 bits per heavy atom. The fourth-order valence-electron chi connectivity index (χ4n) is 0.628. The molecule has 0 fully saturated rings. The lowest BCUT2D eigenvalue weighted by Gasteiger charge is -1.99. The zero-order chi connectivity index (χ0) is 8.43. The van der Waals surface area contributed by atoms with E-state index in [1.807, 2.05) is 0 Å². The lowest BCUT2D eigenvalue weighted by atomic mass is 9.85. The first-order valence-corrected chi connectivity index (χ1v) is 2.82. The summed E-state index contributed by atoms with van der Waals surface area (Å²) in [4.78, 5) is 3.25. The van der Waals surface area contributed by atoms with Gasteiger partial charge in [0, 0.05) is 6.07 Å².